The number of aromatic nitrogens is 3. The average Bonchev–Trinajstić information content (AvgIpc) is 2.72. The number of allylic oxidation sites excluding steroid dienone is 2. The smallest absolute Gasteiger partial charge is 0.0629 e. The molecule has 17 rings (SSSR count). The molecule has 0 amide bonds. The van der Waals surface area contributed by atoms with Crippen LogP contribution in [0.1, 0.15) is 11.5 Å². The molecule has 0 bridgehead atoms. The molecule has 0 fully saturated rings. The number of hydrogen-bond acceptors (Lipinski definition) is 1. The maximum Gasteiger partial charge on any atom is 0.0629 e. The minimum absolute atomic E-state index is 0.216. The first-order chi connectivity index (χ1) is 40.7. The lowest BCUT2D eigenvalue weighted by molar-refractivity contribution is 0.744. The van der Waals surface area contributed by atoms with Crippen molar-refractivity contribution < 1.29 is 0 Å². The Morgan fingerprint density at radius 2 is 0.634 bits per heavy atom. The van der Waals surface area contributed by atoms with E-state index in [1.807, 2.05) is 0 Å². The second-order valence-electron chi connectivity index (χ2n) is 21.9. The van der Waals surface area contributed by atoms with Crippen LogP contribution in [0.3, 0.4) is 0 Å². The third-order valence-electron chi connectivity index (χ3n) is 17.6. The van der Waals surface area contributed by atoms with Crippen molar-refractivity contribution >= 4 is 76.5 Å². The largest absolute Gasteiger partial charge is 0.333 e. The highest BCUT2D eigenvalue weighted by molar-refractivity contribution is 6.26. The van der Waals surface area contributed by atoms with Crippen LogP contribution in [0.15, 0.2) is 303 Å². The number of hydrogen-bond donors (Lipinski definition) is 0. The van der Waals surface area contributed by atoms with Gasteiger partial charge in [-0.1, -0.05) is 237 Å². The van der Waals surface area contributed by atoms with Crippen LogP contribution in [0, 0.1) is 0 Å². The second-order valence-corrected chi connectivity index (χ2v) is 21.9. The van der Waals surface area contributed by atoms with Gasteiger partial charge in [0.2, 0.25) is 0 Å². The summed E-state index contributed by atoms with van der Waals surface area (Å²) in [6.07, 6.45) is 9.10. The number of nitrogens with zero attached hydrogens (tertiary/aromatic N) is 4. The second kappa shape index (κ2) is 18.5. The molecule has 3 aromatic heterocycles. The predicted octanol–water partition coefficient (Wildman–Crippen LogP) is 20.4. The summed E-state index contributed by atoms with van der Waals surface area (Å²) in [5.41, 5.74) is 21.4. The van der Waals surface area contributed by atoms with Gasteiger partial charge in [-0.15, -0.1) is 0 Å². The summed E-state index contributed by atoms with van der Waals surface area (Å²) >= 11 is 0. The van der Waals surface area contributed by atoms with E-state index in [2.05, 4.69) is 322 Å². The fourth-order valence-corrected chi connectivity index (χ4v) is 14.1. The number of fused-ring (bicyclic) bond motifs is 13. The van der Waals surface area contributed by atoms with Crippen LogP contribution < -0.4 is 4.90 Å². The van der Waals surface area contributed by atoms with Gasteiger partial charge in [-0.3, -0.25) is 0 Å². The van der Waals surface area contributed by atoms with Crippen molar-refractivity contribution in [1.82, 2.24) is 13.7 Å². The Labute approximate surface area is 475 Å². The molecular formula is C78H52N4. The van der Waals surface area contributed by atoms with Crippen molar-refractivity contribution in [2.75, 3.05) is 4.90 Å². The number of para-hydroxylation sites is 3. The molecule has 1 aliphatic heterocycles. The van der Waals surface area contributed by atoms with Crippen molar-refractivity contribution in [1.29, 1.82) is 0 Å². The highest BCUT2D eigenvalue weighted by Crippen LogP contribution is 2.51. The van der Waals surface area contributed by atoms with Crippen LogP contribution in [0.25, 0.3) is 127 Å². The zero-order valence-corrected chi connectivity index (χ0v) is 44.8. The predicted molar refractivity (Wildman–Crippen MR) is 345 cm³/mol. The van der Waals surface area contributed by atoms with Crippen LogP contribution in [0.5, 0.6) is 0 Å². The van der Waals surface area contributed by atoms with Gasteiger partial charge in [0.15, 0.2) is 0 Å². The van der Waals surface area contributed by atoms with Gasteiger partial charge in [-0.05, 0) is 105 Å². The summed E-state index contributed by atoms with van der Waals surface area (Å²) in [6.45, 7) is 0. The molecule has 82 heavy (non-hydrogen) atoms. The standard InChI is InChI=1S/C78H52N4/c1-5-21-51(22-6-1)73-67-49-45-59-60-46-50-68-74(52-23-7-2-8-24-52)76(54-27-11-4-12-28-54)82(58-43-39-56(40-44-58)80-71-35-19-15-31-63(71)64-32-16-20-36-72(64)80)78(68)66(60)48-47-65(59)77(67)81(75(73)53-25-9-3-10-26-53)57-41-37-55(38-42-57)79-69-33-17-13-29-61(69)62-30-14-18-34-70(62)79/h1-50,61,69H. The monoisotopic (exact) mass is 1040 g/mol. The first-order valence-electron chi connectivity index (χ1n) is 28.5. The van der Waals surface area contributed by atoms with Crippen molar-refractivity contribution in [3.63, 3.8) is 0 Å². The van der Waals surface area contributed by atoms with E-state index < -0.39 is 0 Å². The molecule has 0 N–H and O–H groups in total. The normalized spacial score (nSPS) is 14.7. The van der Waals surface area contributed by atoms with Crippen molar-refractivity contribution in [3.05, 3.63) is 309 Å². The zero-order valence-electron chi connectivity index (χ0n) is 44.8. The van der Waals surface area contributed by atoms with E-state index >= 15 is 0 Å². The zero-order chi connectivity index (χ0) is 53.8. The van der Waals surface area contributed by atoms with Gasteiger partial charge in [0.05, 0.1) is 39.5 Å². The molecule has 1 aliphatic carbocycles. The van der Waals surface area contributed by atoms with Crippen molar-refractivity contribution in [3.8, 4) is 61.8 Å². The van der Waals surface area contributed by atoms with Crippen LogP contribution in [0.2, 0.25) is 0 Å². The van der Waals surface area contributed by atoms with Gasteiger partial charge in [0, 0.05) is 77.8 Å². The Hall–Kier alpha value is -10.7. The maximum absolute atomic E-state index is 2.55. The lowest BCUT2D eigenvalue weighted by Gasteiger charge is -2.29. The molecule has 2 atom stereocenters. The van der Waals surface area contributed by atoms with Crippen molar-refractivity contribution in [2.45, 2.75) is 12.0 Å². The topological polar surface area (TPSA) is 18.0 Å². The minimum Gasteiger partial charge on any atom is -0.333 e. The Bertz CT molecular complexity index is 5010. The molecule has 384 valence electrons. The SMILES string of the molecule is C1=CC2c3ccccc3N(c3ccc(-n4c(-c5ccccc5)c(-c5ccccc5)c5ccc6c7ccc8c(-c9ccccc9)c(-c9ccccc9)n(-c9ccc(-n%10c%11ccccc%11c%11ccccc%11%10)cc9)c8c7ccc6c54)cc3)C2C=C1. The Kier molecular flexibility index (Phi) is 10.4. The van der Waals surface area contributed by atoms with Crippen LogP contribution in [-0.4, -0.2) is 19.7 Å². The summed E-state index contributed by atoms with van der Waals surface area (Å²) in [5, 5.41) is 9.72. The number of rotatable bonds is 8. The number of benzene rings is 12. The molecule has 0 spiro atoms. The molecule has 2 unspecified atom stereocenters. The summed E-state index contributed by atoms with van der Waals surface area (Å²) in [4.78, 5) is 2.52. The quantitative estimate of drug-likeness (QED) is 0.139. The van der Waals surface area contributed by atoms with E-state index in [0.717, 1.165) is 33.9 Å². The van der Waals surface area contributed by atoms with E-state index in [4.69, 9.17) is 0 Å². The Balaban J connectivity index is 0.927. The molecule has 15 aromatic rings. The fraction of sp³-hybridized carbons (Fsp3) is 0.0256. The molecule has 0 saturated heterocycles. The van der Waals surface area contributed by atoms with Crippen LogP contribution >= 0.6 is 0 Å². The van der Waals surface area contributed by atoms with E-state index in [1.54, 1.807) is 0 Å². The van der Waals surface area contributed by atoms with Crippen LogP contribution in [-0.2, 0) is 0 Å². The maximum atomic E-state index is 2.55. The molecule has 2 aliphatic rings. The van der Waals surface area contributed by atoms with Gasteiger partial charge in [0.25, 0.3) is 0 Å². The molecule has 4 heterocycles. The molecule has 4 heteroatoms. The molecular weight excluding hydrogens is 993 g/mol. The average molecular weight is 1050 g/mol. The highest BCUT2D eigenvalue weighted by Gasteiger charge is 2.37. The summed E-state index contributed by atoms with van der Waals surface area (Å²) < 4.78 is 7.50. The first kappa shape index (κ1) is 46.3. The molecule has 0 radical (unpaired) electrons. The fourth-order valence-electron chi connectivity index (χ4n) is 14.1. The molecule has 4 nitrogen and oxygen atoms in total. The summed E-state index contributed by atoms with van der Waals surface area (Å²) in [6, 6.07) is 103. The highest BCUT2D eigenvalue weighted by atomic mass is 15.2. The number of anilines is 2. The van der Waals surface area contributed by atoms with E-state index in [-0.39, 0.29) is 6.04 Å². The van der Waals surface area contributed by atoms with Gasteiger partial charge in [0.1, 0.15) is 0 Å². The Morgan fingerprint density at radius 3 is 1.13 bits per heavy atom. The van der Waals surface area contributed by atoms with Gasteiger partial charge in [-0.25, -0.2) is 0 Å². The Morgan fingerprint density at radius 1 is 0.256 bits per heavy atom. The lowest BCUT2D eigenvalue weighted by atomic mass is 9.91. The van der Waals surface area contributed by atoms with Gasteiger partial charge >= 0.3 is 0 Å². The van der Waals surface area contributed by atoms with E-state index in [1.165, 1.54) is 110 Å². The lowest BCUT2D eigenvalue weighted by Crippen LogP contribution is -2.28. The van der Waals surface area contributed by atoms with Gasteiger partial charge in [-0.2, -0.15) is 0 Å². The first-order valence-corrected chi connectivity index (χ1v) is 28.5. The van der Waals surface area contributed by atoms with E-state index in [0.29, 0.717) is 5.92 Å². The molecule has 12 aromatic carbocycles. The molecule has 0 saturated carbocycles. The van der Waals surface area contributed by atoms with Crippen LogP contribution in [0.4, 0.5) is 11.4 Å². The third kappa shape index (κ3) is 6.91. The van der Waals surface area contributed by atoms with E-state index in [9.17, 15) is 0 Å². The van der Waals surface area contributed by atoms with Crippen molar-refractivity contribution in [2.24, 2.45) is 0 Å². The third-order valence-corrected chi connectivity index (χ3v) is 17.6. The summed E-state index contributed by atoms with van der Waals surface area (Å²) in [7, 11) is 0. The van der Waals surface area contributed by atoms with Gasteiger partial charge < -0.3 is 18.6 Å². The summed E-state index contributed by atoms with van der Waals surface area (Å²) in [5.74, 6) is 0.311. The minimum atomic E-state index is 0.216.